The summed E-state index contributed by atoms with van der Waals surface area (Å²) in [6, 6.07) is 2.41. The second-order valence-electron chi connectivity index (χ2n) is 8.39. The minimum absolute atomic E-state index is 0.373. The van der Waals surface area contributed by atoms with Gasteiger partial charge in [0.2, 0.25) is 5.82 Å². The molecule has 0 spiro atoms. The first-order valence-electron chi connectivity index (χ1n) is 9.37. The van der Waals surface area contributed by atoms with Gasteiger partial charge in [-0.25, -0.2) is 4.98 Å². The maximum absolute atomic E-state index is 10.9. The van der Waals surface area contributed by atoms with Crippen LogP contribution >= 0.6 is 0 Å². The maximum Gasteiger partial charge on any atom is 0.208 e. The van der Waals surface area contributed by atoms with Crippen molar-refractivity contribution >= 4 is 16.7 Å². The van der Waals surface area contributed by atoms with Crippen LogP contribution in [0.15, 0.2) is 18.5 Å². The molecule has 0 aromatic carbocycles. The van der Waals surface area contributed by atoms with E-state index in [9.17, 15) is 5.11 Å². The van der Waals surface area contributed by atoms with E-state index < -0.39 is 5.60 Å². The van der Waals surface area contributed by atoms with Gasteiger partial charge in [0.25, 0.3) is 0 Å². The van der Waals surface area contributed by atoms with Crippen LogP contribution in [0.25, 0.3) is 22.4 Å². The Balaban J connectivity index is 1.43. The molecule has 4 aliphatic rings. The summed E-state index contributed by atoms with van der Waals surface area (Å²) in [7, 11) is 0. The number of nitrogens with one attached hydrogen (secondary N) is 3. The zero-order chi connectivity index (χ0) is 17.3. The minimum Gasteiger partial charge on any atom is -0.390 e. The van der Waals surface area contributed by atoms with Gasteiger partial charge in [-0.3, -0.25) is 0 Å². The molecule has 26 heavy (non-hydrogen) atoms. The molecule has 4 N–H and O–H groups in total. The van der Waals surface area contributed by atoms with Crippen LogP contribution in [0, 0.1) is 17.8 Å². The summed E-state index contributed by atoms with van der Waals surface area (Å²) in [5.41, 5.74) is 2.30. The Hall–Kier alpha value is -2.48. The molecule has 4 bridgehead atoms. The lowest BCUT2D eigenvalue weighted by Crippen LogP contribution is -2.59. The van der Waals surface area contributed by atoms with Gasteiger partial charge in [-0.2, -0.15) is 5.21 Å². The molecule has 3 heterocycles. The van der Waals surface area contributed by atoms with Gasteiger partial charge in [0.15, 0.2) is 0 Å². The number of aromatic nitrogens is 6. The molecule has 0 saturated heterocycles. The van der Waals surface area contributed by atoms with Crippen molar-refractivity contribution in [1.29, 1.82) is 0 Å². The Labute approximate surface area is 149 Å². The molecular weight excluding hydrogens is 330 g/mol. The number of tetrazole rings is 1. The van der Waals surface area contributed by atoms with Gasteiger partial charge in [0.05, 0.1) is 16.9 Å². The first kappa shape index (κ1) is 14.7. The lowest BCUT2D eigenvalue weighted by Gasteiger charge is -2.58. The maximum atomic E-state index is 10.9. The fourth-order valence-corrected chi connectivity index (χ4v) is 5.99. The van der Waals surface area contributed by atoms with Crippen LogP contribution in [-0.4, -0.2) is 47.3 Å². The van der Waals surface area contributed by atoms with E-state index in [0.29, 0.717) is 29.6 Å². The van der Waals surface area contributed by atoms with Crippen molar-refractivity contribution in [1.82, 2.24) is 30.6 Å². The molecular formula is C18H21N7O. The number of H-pyrrole nitrogens is 2. The van der Waals surface area contributed by atoms with E-state index in [1.807, 2.05) is 12.3 Å². The lowest BCUT2D eigenvalue weighted by atomic mass is 9.52. The second kappa shape index (κ2) is 5.03. The third-order valence-electron chi connectivity index (χ3n) is 6.72. The van der Waals surface area contributed by atoms with Gasteiger partial charge in [-0.1, -0.05) is 0 Å². The number of aromatic amines is 2. The summed E-state index contributed by atoms with van der Waals surface area (Å²) in [5.74, 6) is 2.28. The van der Waals surface area contributed by atoms with E-state index in [4.69, 9.17) is 0 Å². The van der Waals surface area contributed by atoms with Crippen molar-refractivity contribution in [2.45, 2.75) is 43.7 Å². The Morgan fingerprint density at radius 1 is 1.19 bits per heavy atom. The van der Waals surface area contributed by atoms with Crippen molar-refractivity contribution in [3.05, 3.63) is 18.5 Å². The van der Waals surface area contributed by atoms with Gasteiger partial charge >= 0.3 is 0 Å². The largest absolute Gasteiger partial charge is 0.390 e. The summed E-state index contributed by atoms with van der Waals surface area (Å²) in [5, 5.41) is 30.3. The molecule has 8 nitrogen and oxygen atoms in total. The molecule has 4 fully saturated rings. The quantitative estimate of drug-likeness (QED) is 0.574. The third-order valence-corrected chi connectivity index (χ3v) is 6.72. The zero-order valence-corrected chi connectivity index (χ0v) is 14.3. The molecule has 7 rings (SSSR count). The topological polar surface area (TPSA) is 115 Å². The summed E-state index contributed by atoms with van der Waals surface area (Å²) >= 11 is 0. The van der Waals surface area contributed by atoms with Crippen molar-refractivity contribution in [3.8, 4) is 11.4 Å². The molecule has 0 radical (unpaired) electrons. The predicted octanol–water partition coefficient (Wildman–Crippen LogP) is 2.09. The van der Waals surface area contributed by atoms with Gasteiger partial charge in [0.1, 0.15) is 5.65 Å². The number of hydrogen-bond donors (Lipinski definition) is 4. The number of anilines is 1. The molecule has 4 saturated carbocycles. The van der Waals surface area contributed by atoms with E-state index in [1.165, 1.54) is 12.8 Å². The number of fused-ring (bicyclic) bond motifs is 1. The van der Waals surface area contributed by atoms with Gasteiger partial charge in [0, 0.05) is 23.8 Å². The van der Waals surface area contributed by atoms with E-state index in [1.54, 1.807) is 6.20 Å². The van der Waals surface area contributed by atoms with E-state index >= 15 is 0 Å². The monoisotopic (exact) mass is 351 g/mol. The molecule has 134 valence electrons. The second-order valence-corrected chi connectivity index (χ2v) is 8.39. The van der Waals surface area contributed by atoms with Crippen molar-refractivity contribution in [3.63, 3.8) is 0 Å². The predicted molar refractivity (Wildman–Crippen MR) is 95.2 cm³/mol. The first-order chi connectivity index (χ1) is 12.7. The Morgan fingerprint density at radius 3 is 2.77 bits per heavy atom. The van der Waals surface area contributed by atoms with Crippen molar-refractivity contribution < 1.29 is 5.11 Å². The average Bonchev–Trinajstić information content (AvgIpc) is 3.27. The number of rotatable bonds is 3. The van der Waals surface area contributed by atoms with Crippen LogP contribution in [0.5, 0.6) is 0 Å². The minimum atomic E-state index is -0.424. The average molecular weight is 351 g/mol. The number of nitrogens with zero attached hydrogens (tertiary/aromatic N) is 4. The van der Waals surface area contributed by atoms with Gasteiger partial charge < -0.3 is 15.4 Å². The number of hydrogen-bond acceptors (Lipinski definition) is 6. The molecule has 3 aromatic rings. The van der Waals surface area contributed by atoms with Gasteiger partial charge in [-0.05, 0) is 61.1 Å². The van der Waals surface area contributed by atoms with Crippen molar-refractivity contribution in [2.75, 3.05) is 5.32 Å². The molecule has 0 aliphatic heterocycles. The highest BCUT2D eigenvalue weighted by molar-refractivity contribution is 5.97. The molecule has 3 aromatic heterocycles. The fraction of sp³-hybridized carbons (Fsp3) is 0.556. The van der Waals surface area contributed by atoms with Gasteiger partial charge in [-0.15, -0.1) is 10.2 Å². The molecule has 8 heteroatoms. The fourth-order valence-electron chi connectivity index (χ4n) is 5.99. The molecule has 2 atom stereocenters. The Bertz CT molecular complexity index is 949. The summed E-state index contributed by atoms with van der Waals surface area (Å²) in [6.07, 6.45) is 8.97. The van der Waals surface area contributed by atoms with Crippen LogP contribution in [0.1, 0.15) is 32.1 Å². The Morgan fingerprint density at radius 2 is 2.04 bits per heavy atom. The van der Waals surface area contributed by atoms with E-state index in [2.05, 4.69) is 35.9 Å². The zero-order valence-electron chi connectivity index (χ0n) is 14.3. The summed E-state index contributed by atoms with van der Waals surface area (Å²) in [6.45, 7) is 0. The molecule has 2 unspecified atom stereocenters. The molecule has 4 aliphatic carbocycles. The highest BCUT2D eigenvalue weighted by atomic mass is 16.3. The van der Waals surface area contributed by atoms with E-state index in [-0.39, 0.29) is 0 Å². The number of aliphatic hydroxyl groups is 1. The highest BCUT2D eigenvalue weighted by Crippen LogP contribution is 2.56. The molecule has 0 amide bonds. The van der Waals surface area contributed by atoms with E-state index in [0.717, 1.165) is 41.5 Å². The van der Waals surface area contributed by atoms with Crippen molar-refractivity contribution in [2.24, 2.45) is 17.8 Å². The normalized spacial score (nSPS) is 35.3. The van der Waals surface area contributed by atoms with Crippen LogP contribution in [0.3, 0.4) is 0 Å². The van der Waals surface area contributed by atoms with Crippen LogP contribution in [0.2, 0.25) is 0 Å². The standard InChI is InChI=1S/C18H21N7O/c26-18-5-9-3-10(6-18)14(11(4-9)7-18)21-15-12-1-2-19-16(12)20-8-13(15)17-22-24-25-23-17/h1-2,8-11,14,26H,3-7H2,(H2,19,20,21)(H,22,23,24,25). The summed E-state index contributed by atoms with van der Waals surface area (Å²) < 4.78 is 0. The van der Waals surface area contributed by atoms with Crippen LogP contribution in [-0.2, 0) is 0 Å². The number of pyridine rings is 1. The summed E-state index contributed by atoms with van der Waals surface area (Å²) in [4.78, 5) is 7.68. The Kier molecular flexibility index (Phi) is 2.84. The third kappa shape index (κ3) is 2.05. The highest BCUT2D eigenvalue weighted by Gasteiger charge is 2.54. The SMILES string of the molecule is OC12CC3CC(C1)C(Nc1c(-c4nn[nH]n4)cnc4[nH]ccc14)C(C3)C2. The lowest BCUT2D eigenvalue weighted by molar-refractivity contribution is -0.129. The van der Waals surface area contributed by atoms with Crippen LogP contribution in [0.4, 0.5) is 5.69 Å². The first-order valence-corrected chi connectivity index (χ1v) is 9.37. The smallest absolute Gasteiger partial charge is 0.208 e. The van der Waals surface area contributed by atoms with Crippen LogP contribution < -0.4 is 5.32 Å².